The summed E-state index contributed by atoms with van der Waals surface area (Å²) in [6, 6.07) is 6.81. The number of benzene rings is 1. The normalized spacial score (nSPS) is 15.9. The van der Waals surface area contributed by atoms with E-state index in [1.54, 1.807) is 30.0 Å². The number of nitrogens with one attached hydrogen (secondary N) is 1. The van der Waals surface area contributed by atoms with Crippen molar-refractivity contribution in [1.82, 2.24) is 19.7 Å². The lowest BCUT2D eigenvalue weighted by Gasteiger charge is -2.25. The van der Waals surface area contributed by atoms with Crippen LogP contribution in [-0.2, 0) is 4.79 Å². The molecule has 144 valence electrons. The zero-order valence-electron chi connectivity index (χ0n) is 16.1. The smallest absolute Gasteiger partial charge is 0.252 e. The number of nitrogens with zero attached hydrogens (tertiary/aromatic N) is 4. The molecule has 2 N–H and O–H groups in total. The largest absolute Gasteiger partial charge is 0.508 e. The van der Waals surface area contributed by atoms with Crippen LogP contribution >= 0.6 is 0 Å². The third-order valence-corrected chi connectivity index (χ3v) is 4.85. The Bertz CT molecular complexity index is 1070. The minimum atomic E-state index is -0.251. The second kappa shape index (κ2) is 6.63. The van der Waals surface area contributed by atoms with Gasteiger partial charge in [0.15, 0.2) is 0 Å². The molecule has 1 aliphatic heterocycles. The molecule has 0 aliphatic carbocycles. The van der Waals surface area contributed by atoms with Crippen LogP contribution in [0.4, 0.5) is 5.82 Å². The van der Waals surface area contributed by atoms with Crippen LogP contribution in [0, 0.1) is 20.8 Å². The highest BCUT2D eigenvalue weighted by Crippen LogP contribution is 2.43. The summed E-state index contributed by atoms with van der Waals surface area (Å²) in [4.78, 5) is 21.5. The lowest BCUT2D eigenvalue weighted by Crippen LogP contribution is -2.25. The number of methoxy groups -OCH3 is 1. The van der Waals surface area contributed by atoms with Gasteiger partial charge in [0.1, 0.15) is 17.3 Å². The van der Waals surface area contributed by atoms with Crippen molar-refractivity contribution in [3.63, 3.8) is 0 Å². The number of anilines is 1. The number of hydrogen-bond donors (Lipinski definition) is 2. The van der Waals surface area contributed by atoms with Gasteiger partial charge in [-0.15, -0.1) is 0 Å². The molecule has 0 saturated carbocycles. The van der Waals surface area contributed by atoms with Gasteiger partial charge in [-0.25, -0.2) is 9.97 Å². The minimum absolute atomic E-state index is 0.108. The van der Waals surface area contributed by atoms with Crippen LogP contribution in [0.3, 0.4) is 0 Å². The van der Waals surface area contributed by atoms with Gasteiger partial charge in [-0.3, -0.25) is 4.79 Å². The van der Waals surface area contributed by atoms with Crippen LogP contribution in [0.25, 0.3) is 5.95 Å². The second-order valence-electron chi connectivity index (χ2n) is 6.94. The fourth-order valence-electron chi connectivity index (χ4n) is 3.75. The number of phenols is 1. The van der Waals surface area contributed by atoms with Gasteiger partial charge in [0.2, 0.25) is 5.91 Å². The summed E-state index contributed by atoms with van der Waals surface area (Å²) >= 11 is 0. The van der Waals surface area contributed by atoms with Crippen LogP contribution in [0.2, 0.25) is 0 Å². The standard InChI is InChI=1S/C20H21N5O3/c1-10-7-11(2)22-20(21-10)25-19-18(12(3)24-25)15(9-17(27)23-19)14-6-5-13(26)8-16(14)28-4/h5-8,15,26H,9H2,1-4H3,(H,23,27). The maximum absolute atomic E-state index is 12.5. The van der Waals surface area contributed by atoms with Crippen molar-refractivity contribution in [2.24, 2.45) is 0 Å². The Hall–Kier alpha value is -3.42. The van der Waals surface area contributed by atoms with Crippen LogP contribution in [0.15, 0.2) is 24.3 Å². The van der Waals surface area contributed by atoms with E-state index in [0.717, 1.165) is 28.2 Å². The number of amides is 1. The van der Waals surface area contributed by atoms with Gasteiger partial charge in [0.05, 0.1) is 12.8 Å². The highest BCUT2D eigenvalue weighted by molar-refractivity contribution is 5.95. The van der Waals surface area contributed by atoms with Crippen LogP contribution in [0.5, 0.6) is 11.5 Å². The molecule has 0 bridgehead atoms. The molecule has 1 unspecified atom stereocenters. The first kappa shape index (κ1) is 18.0. The predicted molar refractivity (Wildman–Crippen MR) is 103 cm³/mol. The Balaban J connectivity index is 1.91. The molecule has 0 radical (unpaired) electrons. The molecule has 8 nitrogen and oxygen atoms in total. The highest BCUT2D eigenvalue weighted by atomic mass is 16.5. The number of rotatable bonds is 3. The Morgan fingerprint density at radius 3 is 2.57 bits per heavy atom. The quantitative estimate of drug-likeness (QED) is 0.725. The van der Waals surface area contributed by atoms with Crippen molar-refractivity contribution in [3.05, 3.63) is 52.5 Å². The zero-order chi connectivity index (χ0) is 20.0. The predicted octanol–water partition coefficient (Wildman–Crippen LogP) is 2.78. The molecule has 1 atom stereocenters. The molecular weight excluding hydrogens is 358 g/mol. The Labute approximate surface area is 162 Å². The molecule has 2 aromatic heterocycles. The number of hydrogen-bond acceptors (Lipinski definition) is 6. The lowest BCUT2D eigenvalue weighted by molar-refractivity contribution is -0.116. The van der Waals surface area contributed by atoms with Crippen molar-refractivity contribution < 1.29 is 14.6 Å². The number of aromatic nitrogens is 4. The van der Waals surface area contributed by atoms with Crippen molar-refractivity contribution in [2.45, 2.75) is 33.1 Å². The fraction of sp³-hybridized carbons (Fsp3) is 0.300. The maximum Gasteiger partial charge on any atom is 0.252 e. The molecule has 8 heteroatoms. The topological polar surface area (TPSA) is 102 Å². The number of aromatic hydroxyl groups is 1. The molecule has 3 aromatic rings. The van der Waals surface area contributed by atoms with E-state index in [0.29, 0.717) is 17.5 Å². The Kier molecular flexibility index (Phi) is 4.26. The van der Waals surface area contributed by atoms with Crippen molar-refractivity contribution >= 4 is 11.7 Å². The van der Waals surface area contributed by atoms with E-state index in [1.165, 1.54) is 0 Å². The SMILES string of the molecule is COc1cc(O)ccc1C1CC(=O)Nc2c1c(C)nn2-c1nc(C)cc(C)n1. The van der Waals surface area contributed by atoms with Crippen molar-refractivity contribution in [2.75, 3.05) is 12.4 Å². The van der Waals surface area contributed by atoms with Crippen LogP contribution < -0.4 is 10.1 Å². The summed E-state index contributed by atoms with van der Waals surface area (Å²) in [5.41, 5.74) is 4.14. The first-order valence-electron chi connectivity index (χ1n) is 8.96. The zero-order valence-corrected chi connectivity index (χ0v) is 16.1. The Morgan fingerprint density at radius 2 is 1.89 bits per heavy atom. The first-order chi connectivity index (χ1) is 13.4. The van der Waals surface area contributed by atoms with E-state index >= 15 is 0 Å². The second-order valence-corrected chi connectivity index (χ2v) is 6.94. The van der Waals surface area contributed by atoms with E-state index in [4.69, 9.17) is 4.74 Å². The molecule has 1 amide bonds. The summed E-state index contributed by atoms with van der Waals surface area (Å²) in [7, 11) is 1.54. The van der Waals surface area contributed by atoms with E-state index in [-0.39, 0.29) is 24.0 Å². The number of aryl methyl sites for hydroxylation is 3. The average Bonchev–Trinajstić information content (AvgIpc) is 2.96. The third-order valence-electron chi connectivity index (χ3n) is 4.85. The van der Waals surface area contributed by atoms with Gasteiger partial charge in [-0.05, 0) is 32.9 Å². The summed E-state index contributed by atoms with van der Waals surface area (Å²) in [6.45, 7) is 5.68. The van der Waals surface area contributed by atoms with Crippen LogP contribution in [0.1, 0.15) is 40.5 Å². The van der Waals surface area contributed by atoms with Crippen molar-refractivity contribution in [1.29, 1.82) is 0 Å². The fourth-order valence-corrected chi connectivity index (χ4v) is 3.75. The van der Waals surface area contributed by atoms with E-state index in [2.05, 4.69) is 20.4 Å². The van der Waals surface area contributed by atoms with E-state index < -0.39 is 0 Å². The van der Waals surface area contributed by atoms with Gasteiger partial charge >= 0.3 is 0 Å². The average molecular weight is 379 g/mol. The monoisotopic (exact) mass is 379 g/mol. The summed E-state index contributed by atoms with van der Waals surface area (Å²) in [6.07, 6.45) is 0.258. The molecule has 28 heavy (non-hydrogen) atoms. The first-order valence-corrected chi connectivity index (χ1v) is 8.96. The molecule has 3 heterocycles. The number of carbonyl (C=O) groups is 1. The molecule has 0 fully saturated rings. The van der Waals surface area contributed by atoms with Crippen molar-refractivity contribution in [3.8, 4) is 17.4 Å². The van der Waals surface area contributed by atoms with E-state index in [1.807, 2.05) is 26.8 Å². The van der Waals surface area contributed by atoms with E-state index in [9.17, 15) is 9.90 Å². The van der Waals surface area contributed by atoms with Crippen LogP contribution in [-0.4, -0.2) is 37.9 Å². The maximum atomic E-state index is 12.5. The summed E-state index contributed by atoms with van der Waals surface area (Å²) < 4.78 is 7.03. The van der Waals surface area contributed by atoms with Gasteiger partial charge in [0.25, 0.3) is 5.95 Å². The summed E-state index contributed by atoms with van der Waals surface area (Å²) in [5.74, 6) is 1.24. The molecule has 4 rings (SSSR count). The number of phenolic OH excluding ortho intramolecular Hbond substituents is 1. The molecule has 0 spiro atoms. The number of fused-ring (bicyclic) bond motifs is 1. The lowest BCUT2D eigenvalue weighted by atomic mass is 9.85. The molecular formula is C20H21N5O3. The number of ether oxygens (including phenoxy) is 1. The third kappa shape index (κ3) is 2.96. The highest BCUT2D eigenvalue weighted by Gasteiger charge is 2.34. The molecule has 1 aliphatic rings. The van der Waals surface area contributed by atoms with Gasteiger partial charge in [0, 0.05) is 40.9 Å². The van der Waals surface area contributed by atoms with Gasteiger partial charge < -0.3 is 15.2 Å². The van der Waals surface area contributed by atoms with Gasteiger partial charge in [-0.2, -0.15) is 9.78 Å². The minimum Gasteiger partial charge on any atom is -0.508 e. The molecule has 1 aromatic carbocycles. The van der Waals surface area contributed by atoms with Gasteiger partial charge in [-0.1, -0.05) is 6.07 Å². The summed E-state index contributed by atoms with van der Waals surface area (Å²) in [5, 5.41) is 17.3. The Morgan fingerprint density at radius 1 is 1.18 bits per heavy atom. The number of carbonyl (C=O) groups excluding carboxylic acids is 1. The molecule has 0 saturated heterocycles.